The summed E-state index contributed by atoms with van der Waals surface area (Å²) >= 11 is 6.35. The summed E-state index contributed by atoms with van der Waals surface area (Å²) in [6, 6.07) is 7.81. The number of rotatable bonds is 7. The van der Waals surface area contributed by atoms with Crippen LogP contribution in [0.1, 0.15) is 31.2 Å². The lowest BCUT2D eigenvalue weighted by atomic mass is 9.73. The molecule has 31 heavy (non-hydrogen) atoms. The van der Waals surface area contributed by atoms with Gasteiger partial charge in [0.1, 0.15) is 23.7 Å². The zero-order chi connectivity index (χ0) is 21.7. The highest BCUT2D eigenvalue weighted by atomic mass is 35.5. The third-order valence-electron chi connectivity index (χ3n) is 6.54. The molecule has 1 aromatic carbocycles. The van der Waals surface area contributed by atoms with Crippen LogP contribution in [0, 0.1) is 5.92 Å². The summed E-state index contributed by atoms with van der Waals surface area (Å²) in [5, 5.41) is 13.8. The first-order valence-corrected chi connectivity index (χ1v) is 11.3. The molecule has 0 spiro atoms. The van der Waals surface area contributed by atoms with E-state index in [-0.39, 0.29) is 12.0 Å². The van der Waals surface area contributed by atoms with Crippen molar-refractivity contribution in [2.24, 2.45) is 5.92 Å². The Hall–Kier alpha value is -2.09. The Bertz CT molecular complexity index is 876. The van der Waals surface area contributed by atoms with Crippen molar-refractivity contribution in [3.05, 3.63) is 41.2 Å². The average molecular weight is 447 g/mol. The van der Waals surface area contributed by atoms with Crippen molar-refractivity contribution in [1.29, 1.82) is 0 Å². The van der Waals surface area contributed by atoms with E-state index in [2.05, 4.69) is 20.2 Å². The number of aliphatic hydroxyl groups is 1. The molecule has 2 N–H and O–H groups in total. The Kier molecular flexibility index (Phi) is 7.15. The minimum Gasteiger partial charge on any atom is -0.496 e. The van der Waals surface area contributed by atoms with Crippen molar-refractivity contribution in [1.82, 2.24) is 9.97 Å². The van der Waals surface area contributed by atoms with Gasteiger partial charge in [0, 0.05) is 61.5 Å². The quantitative estimate of drug-likeness (QED) is 0.673. The topological polar surface area (TPSA) is 79.7 Å². The molecule has 0 bridgehead atoms. The fraction of sp³-hybridized carbons (Fsp3) is 0.565. The van der Waals surface area contributed by atoms with Crippen LogP contribution in [-0.2, 0) is 10.2 Å². The maximum absolute atomic E-state index is 9.54. The molecule has 0 aliphatic carbocycles. The van der Waals surface area contributed by atoms with Crippen LogP contribution in [0.15, 0.2) is 30.6 Å². The van der Waals surface area contributed by atoms with E-state index >= 15 is 0 Å². The van der Waals surface area contributed by atoms with E-state index in [0.717, 1.165) is 61.7 Å². The lowest BCUT2D eigenvalue weighted by Crippen LogP contribution is -2.40. The predicted molar refractivity (Wildman–Crippen MR) is 122 cm³/mol. The van der Waals surface area contributed by atoms with Crippen LogP contribution in [0.3, 0.4) is 0 Å². The molecule has 1 aromatic heterocycles. The number of aliphatic hydroxyl groups excluding tert-OH is 1. The number of halogens is 1. The number of hydrogen-bond donors (Lipinski definition) is 2. The van der Waals surface area contributed by atoms with Crippen molar-refractivity contribution in [2.75, 3.05) is 56.8 Å². The van der Waals surface area contributed by atoms with Crippen LogP contribution >= 0.6 is 11.6 Å². The van der Waals surface area contributed by atoms with Gasteiger partial charge >= 0.3 is 0 Å². The second-order valence-corrected chi connectivity index (χ2v) is 8.93. The molecule has 2 aromatic rings. The summed E-state index contributed by atoms with van der Waals surface area (Å²) in [7, 11) is 1.70. The normalized spacial score (nSPS) is 21.0. The highest BCUT2D eigenvalue weighted by molar-refractivity contribution is 6.30. The molecule has 1 atom stereocenters. The van der Waals surface area contributed by atoms with Gasteiger partial charge in [-0.15, -0.1) is 0 Å². The van der Waals surface area contributed by atoms with Gasteiger partial charge in [-0.1, -0.05) is 11.6 Å². The van der Waals surface area contributed by atoms with E-state index in [9.17, 15) is 5.11 Å². The first-order valence-electron chi connectivity index (χ1n) is 11.0. The van der Waals surface area contributed by atoms with Crippen molar-refractivity contribution in [3.63, 3.8) is 0 Å². The maximum Gasteiger partial charge on any atom is 0.134 e. The number of nitrogens with one attached hydrogen (secondary N) is 1. The number of benzene rings is 1. The van der Waals surface area contributed by atoms with Crippen molar-refractivity contribution in [2.45, 2.75) is 31.1 Å². The van der Waals surface area contributed by atoms with Gasteiger partial charge in [0.15, 0.2) is 0 Å². The van der Waals surface area contributed by atoms with Crippen LogP contribution in [-0.4, -0.2) is 61.6 Å². The van der Waals surface area contributed by atoms with Gasteiger partial charge in [-0.2, -0.15) is 0 Å². The lowest BCUT2D eigenvalue weighted by Gasteiger charge is -2.39. The molecule has 4 rings (SSSR count). The van der Waals surface area contributed by atoms with Crippen LogP contribution in [0.25, 0.3) is 0 Å². The van der Waals surface area contributed by atoms with E-state index in [4.69, 9.17) is 21.1 Å². The minimum atomic E-state index is -0.160. The van der Waals surface area contributed by atoms with Crippen molar-refractivity contribution < 1.29 is 14.6 Å². The fourth-order valence-corrected chi connectivity index (χ4v) is 4.87. The Morgan fingerprint density at radius 3 is 2.90 bits per heavy atom. The SMILES string of the molecule is COc1ccc(Cl)cc1C1(CNc2cc(N3CCCC(CO)C3)ncn2)CCOCC1. The molecular formula is C23H31ClN4O3. The number of hydrogen-bond acceptors (Lipinski definition) is 7. The number of aromatic nitrogens is 2. The molecule has 168 valence electrons. The van der Waals surface area contributed by atoms with Gasteiger partial charge in [-0.3, -0.25) is 0 Å². The zero-order valence-electron chi connectivity index (χ0n) is 18.0. The second kappa shape index (κ2) is 10.0. The number of piperidine rings is 1. The first kappa shape index (κ1) is 22.1. The van der Waals surface area contributed by atoms with E-state index < -0.39 is 0 Å². The van der Waals surface area contributed by atoms with Crippen LogP contribution in [0.5, 0.6) is 5.75 Å². The smallest absolute Gasteiger partial charge is 0.134 e. The molecule has 2 fully saturated rings. The maximum atomic E-state index is 9.54. The molecule has 2 aliphatic heterocycles. The van der Waals surface area contributed by atoms with E-state index in [1.807, 2.05) is 24.3 Å². The zero-order valence-corrected chi connectivity index (χ0v) is 18.8. The summed E-state index contributed by atoms with van der Waals surface area (Å²) in [5.41, 5.74) is 0.946. The Labute approximate surface area is 188 Å². The molecule has 0 amide bonds. The summed E-state index contributed by atoms with van der Waals surface area (Å²) < 4.78 is 11.3. The highest BCUT2D eigenvalue weighted by Gasteiger charge is 2.37. The predicted octanol–water partition coefficient (Wildman–Crippen LogP) is 3.51. The van der Waals surface area contributed by atoms with Crippen LogP contribution < -0.4 is 15.0 Å². The molecule has 0 radical (unpaired) electrons. The Balaban J connectivity index is 1.54. The van der Waals surface area contributed by atoms with Gasteiger partial charge in [0.25, 0.3) is 0 Å². The second-order valence-electron chi connectivity index (χ2n) is 8.49. The molecule has 8 heteroatoms. The Morgan fingerprint density at radius 2 is 2.13 bits per heavy atom. The largest absolute Gasteiger partial charge is 0.496 e. The number of methoxy groups -OCH3 is 1. The summed E-state index contributed by atoms with van der Waals surface area (Å²) in [6.07, 6.45) is 5.49. The number of anilines is 2. The van der Waals surface area contributed by atoms with Crippen molar-refractivity contribution >= 4 is 23.2 Å². The van der Waals surface area contributed by atoms with Gasteiger partial charge in [0.05, 0.1) is 7.11 Å². The lowest BCUT2D eigenvalue weighted by molar-refractivity contribution is 0.0535. The summed E-state index contributed by atoms with van der Waals surface area (Å²) in [6.45, 7) is 4.09. The van der Waals surface area contributed by atoms with E-state index in [0.29, 0.717) is 30.7 Å². The van der Waals surface area contributed by atoms with Gasteiger partial charge in [-0.25, -0.2) is 9.97 Å². The van der Waals surface area contributed by atoms with Gasteiger partial charge in [-0.05, 0) is 49.8 Å². The monoisotopic (exact) mass is 446 g/mol. The van der Waals surface area contributed by atoms with Crippen molar-refractivity contribution in [3.8, 4) is 5.75 Å². The highest BCUT2D eigenvalue weighted by Crippen LogP contribution is 2.41. The third kappa shape index (κ3) is 5.05. The Morgan fingerprint density at radius 1 is 1.29 bits per heavy atom. The molecule has 0 saturated carbocycles. The van der Waals surface area contributed by atoms with Gasteiger partial charge < -0.3 is 24.8 Å². The number of ether oxygens (including phenoxy) is 2. The molecule has 1 unspecified atom stereocenters. The molecule has 3 heterocycles. The molecule has 2 aliphatic rings. The summed E-state index contributed by atoms with van der Waals surface area (Å²) in [5.74, 6) is 2.85. The number of nitrogens with zero attached hydrogens (tertiary/aromatic N) is 3. The molecule has 7 nitrogen and oxygen atoms in total. The van der Waals surface area contributed by atoms with E-state index in [1.54, 1.807) is 13.4 Å². The third-order valence-corrected chi connectivity index (χ3v) is 6.78. The molecule has 2 saturated heterocycles. The minimum absolute atomic E-state index is 0.160. The van der Waals surface area contributed by atoms with Gasteiger partial charge in [0.2, 0.25) is 0 Å². The fourth-order valence-electron chi connectivity index (χ4n) is 4.70. The average Bonchev–Trinajstić information content (AvgIpc) is 2.83. The van der Waals surface area contributed by atoms with Crippen LogP contribution in [0.4, 0.5) is 11.6 Å². The standard InChI is InChI=1S/C23H31ClN4O3/c1-30-20-5-4-18(24)11-19(20)23(6-9-31-10-7-23)15-25-21-12-22(27-16-26-21)28-8-2-3-17(13-28)14-29/h4-5,11-12,16-17,29H,2-3,6-10,13-15H2,1H3,(H,25,26,27). The summed E-state index contributed by atoms with van der Waals surface area (Å²) in [4.78, 5) is 11.2. The van der Waals surface area contributed by atoms with Crippen LogP contribution in [0.2, 0.25) is 5.02 Å². The first-order chi connectivity index (χ1) is 15.1. The molecular weight excluding hydrogens is 416 g/mol. The van der Waals surface area contributed by atoms with E-state index in [1.165, 1.54) is 0 Å².